The number of nitrogens with two attached hydrogens (primary N) is 1. The standard InChI is InChI=1S/C11H21N5O2S/c1-4-18-9(17)11(2,12)7-5-6-8-19-10-13-14-15-16(10)3/h4-8,12H2,1-3H3. The Balaban J connectivity index is 2.20. The molecular formula is C11H21N5O2S. The minimum atomic E-state index is -0.896. The van der Waals surface area contributed by atoms with E-state index in [9.17, 15) is 4.79 Å². The molecule has 1 rings (SSSR count). The molecule has 0 fully saturated rings. The lowest BCUT2D eigenvalue weighted by Crippen LogP contribution is -2.46. The molecule has 0 aromatic carbocycles. The second-order valence-corrected chi connectivity index (χ2v) is 5.59. The normalized spacial score (nSPS) is 14.1. The van der Waals surface area contributed by atoms with Gasteiger partial charge in [0.2, 0.25) is 5.16 Å². The van der Waals surface area contributed by atoms with E-state index < -0.39 is 5.54 Å². The number of thioether (sulfide) groups is 1. The van der Waals surface area contributed by atoms with Crippen LogP contribution < -0.4 is 5.73 Å². The van der Waals surface area contributed by atoms with Crippen molar-refractivity contribution < 1.29 is 9.53 Å². The van der Waals surface area contributed by atoms with Gasteiger partial charge in [-0.05, 0) is 37.1 Å². The molecule has 108 valence electrons. The second-order valence-electron chi connectivity index (χ2n) is 4.53. The van der Waals surface area contributed by atoms with Crippen LogP contribution in [0, 0.1) is 0 Å². The molecule has 7 nitrogen and oxygen atoms in total. The summed E-state index contributed by atoms with van der Waals surface area (Å²) >= 11 is 1.59. The van der Waals surface area contributed by atoms with Crippen molar-refractivity contribution >= 4 is 17.7 Å². The van der Waals surface area contributed by atoms with Crippen LogP contribution in [-0.4, -0.2) is 44.1 Å². The van der Waals surface area contributed by atoms with Gasteiger partial charge in [0.1, 0.15) is 5.54 Å². The summed E-state index contributed by atoms with van der Waals surface area (Å²) in [7, 11) is 1.81. The van der Waals surface area contributed by atoms with Crippen molar-refractivity contribution in [2.75, 3.05) is 12.4 Å². The molecule has 0 saturated carbocycles. The van der Waals surface area contributed by atoms with E-state index in [1.165, 1.54) is 0 Å². The van der Waals surface area contributed by atoms with Crippen LogP contribution in [0.4, 0.5) is 0 Å². The van der Waals surface area contributed by atoms with Crippen LogP contribution in [0.1, 0.15) is 33.1 Å². The molecule has 1 aromatic rings. The lowest BCUT2D eigenvalue weighted by molar-refractivity contribution is -0.149. The summed E-state index contributed by atoms with van der Waals surface area (Å²) in [6, 6.07) is 0. The highest BCUT2D eigenvalue weighted by Gasteiger charge is 2.28. The summed E-state index contributed by atoms with van der Waals surface area (Å²) in [5.74, 6) is 0.563. The third-order valence-corrected chi connectivity index (χ3v) is 3.74. The Morgan fingerprint density at radius 2 is 2.26 bits per heavy atom. The number of hydrogen-bond donors (Lipinski definition) is 1. The molecule has 0 saturated heterocycles. The number of hydrogen-bond acceptors (Lipinski definition) is 7. The van der Waals surface area contributed by atoms with Crippen LogP contribution in [0.2, 0.25) is 0 Å². The molecule has 19 heavy (non-hydrogen) atoms. The molecule has 1 unspecified atom stereocenters. The van der Waals surface area contributed by atoms with Crippen molar-refractivity contribution in [2.24, 2.45) is 12.8 Å². The lowest BCUT2D eigenvalue weighted by Gasteiger charge is -2.21. The van der Waals surface area contributed by atoms with Gasteiger partial charge in [-0.15, -0.1) is 5.10 Å². The Morgan fingerprint density at radius 3 is 2.84 bits per heavy atom. The second kappa shape index (κ2) is 7.44. The number of rotatable bonds is 8. The van der Waals surface area contributed by atoms with E-state index in [1.54, 1.807) is 37.3 Å². The Kier molecular flexibility index (Phi) is 6.23. The predicted octanol–water partition coefficient (Wildman–Crippen LogP) is 0.753. The third kappa shape index (κ3) is 5.15. The SMILES string of the molecule is CCOC(=O)C(C)(N)CCCCSc1nnnn1C. The van der Waals surface area contributed by atoms with Gasteiger partial charge in [0, 0.05) is 12.8 Å². The van der Waals surface area contributed by atoms with Gasteiger partial charge in [0.15, 0.2) is 0 Å². The number of esters is 1. The van der Waals surface area contributed by atoms with Crippen molar-refractivity contribution in [2.45, 2.75) is 43.8 Å². The quantitative estimate of drug-likeness (QED) is 0.428. The van der Waals surface area contributed by atoms with Crippen molar-refractivity contribution in [3.8, 4) is 0 Å². The summed E-state index contributed by atoms with van der Waals surface area (Å²) in [5, 5.41) is 12.0. The molecule has 0 radical (unpaired) electrons. The zero-order valence-electron chi connectivity index (χ0n) is 11.6. The number of aromatic nitrogens is 4. The van der Waals surface area contributed by atoms with E-state index in [0.29, 0.717) is 13.0 Å². The van der Waals surface area contributed by atoms with Gasteiger partial charge in [-0.3, -0.25) is 4.79 Å². The fourth-order valence-corrected chi connectivity index (χ4v) is 2.35. The zero-order valence-corrected chi connectivity index (χ0v) is 12.4. The molecule has 0 aliphatic heterocycles. The topological polar surface area (TPSA) is 95.9 Å². The van der Waals surface area contributed by atoms with Crippen LogP contribution >= 0.6 is 11.8 Å². The summed E-state index contributed by atoms with van der Waals surface area (Å²) in [4.78, 5) is 11.6. The van der Waals surface area contributed by atoms with E-state index in [4.69, 9.17) is 10.5 Å². The smallest absolute Gasteiger partial charge is 0.325 e. The van der Waals surface area contributed by atoms with Gasteiger partial charge >= 0.3 is 5.97 Å². The first-order valence-electron chi connectivity index (χ1n) is 6.28. The number of ether oxygens (including phenoxy) is 1. The molecule has 2 N–H and O–H groups in total. The molecule has 0 bridgehead atoms. The van der Waals surface area contributed by atoms with Crippen molar-refractivity contribution in [3.63, 3.8) is 0 Å². The van der Waals surface area contributed by atoms with E-state index >= 15 is 0 Å². The Labute approximate surface area is 117 Å². The first kappa shape index (κ1) is 15.9. The van der Waals surface area contributed by atoms with Crippen LogP contribution in [-0.2, 0) is 16.6 Å². The van der Waals surface area contributed by atoms with E-state index in [2.05, 4.69) is 15.5 Å². The van der Waals surface area contributed by atoms with E-state index in [0.717, 1.165) is 23.8 Å². The first-order valence-corrected chi connectivity index (χ1v) is 7.27. The maximum atomic E-state index is 11.6. The van der Waals surface area contributed by atoms with Crippen molar-refractivity contribution in [1.29, 1.82) is 0 Å². The molecule has 1 atom stereocenters. The Bertz CT molecular complexity index is 408. The molecule has 1 aromatic heterocycles. The summed E-state index contributed by atoms with van der Waals surface area (Å²) in [6.07, 6.45) is 2.43. The number of carbonyl (C=O) groups is 1. The minimum absolute atomic E-state index is 0.333. The van der Waals surface area contributed by atoms with Crippen LogP contribution in [0.5, 0.6) is 0 Å². The predicted molar refractivity (Wildman–Crippen MR) is 72.6 cm³/mol. The Hall–Kier alpha value is -1.15. The fourth-order valence-electron chi connectivity index (χ4n) is 1.50. The van der Waals surface area contributed by atoms with Crippen LogP contribution in [0.3, 0.4) is 0 Å². The van der Waals surface area contributed by atoms with Gasteiger partial charge < -0.3 is 10.5 Å². The minimum Gasteiger partial charge on any atom is -0.465 e. The Morgan fingerprint density at radius 1 is 1.53 bits per heavy atom. The summed E-state index contributed by atoms with van der Waals surface area (Å²) in [6.45, 7) is 3.85. The first-order chi connectivity index (χ1) is 8.97. The number of nitrogens with zero attached hydrogens (tertiary/aromatic N) is 4. The molecule has 1 heterocycles. The number of unbranched alkanes of at least 4 members (excludes halogenated alkanes) is 1. The highest BCUT2D eigenvalue weighted by molar-refractivity contribution is 7.99. The average Bonchev–Trinajstić information content (AvgIpc) is 2.75. The molecule has 0 spiro atoms. The average molecular weight is 287 g/mol. The molecule has 8 heteroatoms. The monoisotopic (exact) mass is 287 g/mol. The van der Waals surface area contributed by atoms with Crippen molar-refractivity contribution in [1.82, 2.24) is 20.2 Å². The van der Waals surface area contributed by atoms with Gasteiger partial charge in [0.25, 0.3) is 0 Å². The van der Waals surface area contributed by atoms with Gasteiger partial charge in [-0.25, -0.2) is 4.68 Å². The number of aryl methyl sites for hydroxylation is 1. The lowest BCUT2D eigenvalue weighted by atomic mass is 9.96. The van der Waals surface area contributed by atoms with Crippen LogP contribution in [0.25, 0.3) is 0 Å². The van der Waals surface area contributed by atoms with Crippen LogP contribution in [0.15, 0.2) is 5.16 Å². The van der Waals surface area contributed by atoms with Gasteiger partial charge in [0.05, 0.1) is 6.61 Å². The zero-order chi connectivity index (χ0) is 14.3. The largest absolute Gasteiger partial charge is 0.465 e. The number of tetrazole rings is 1. The fraction of sp³-hybridized carbons (Fsp3) is 0.818. The van der Waals surface area contributed by atoms with Gasteiger partial charge in [-0.1, -0.05) is 18.2 Å². The number of carbonyl (C=O) groups excluding carboxylic acids is 1. The highest BCUT2D eigenvalue weighted by atomic mass is 32.2. The molecule has 0 aliphatic carbocycles. The maximum Gasteiger partial charge on any atom is 0.325 e. The molecular weight excluding hydrogens is 266 g/mol. The highest BCUT2D eigenvalue weighted by Crippen LogP contribution is 2.18. The van der Waals surface area contributed by atoms with Crippen molar-refractivity contribution in [3.05, 3.63) is 0 Å². The maximum absolute atomic E-state index is 11.6. The third-order valence-electron chi connectivity index (χ3n) is 2.64. The van der Waals surface area contributed by atoms with E-state index in [1.807, 2.05) is 0 Å². The van der Waals surface area contributed by atoms with Gasteiger partial charge in [-0.2, -0.15) is 0 Å². The van der Waals surface area contributed by atoms with E-state index in [-0.39, 0.29) is 5.97 Å². The molecule has 0 aliphatic rings. The summed E-state index contributed by atoms with van der Waals surface area (Å²) in [5.41, 5.74) is 5.03. The summed E-state index contributed by atoms with van der Waals surface area (Å²) < 4.78 is 6.57. The molecule has 0 amide bonds.